The summed E-state index contributed by atoms with van der Waals surface area (Å²) in [7, 11) is 0. The Bertz CT molecular complexity index is 511. The summed E-state index contributed by atoms with van der Waals surface area (Å²) in [5, 5.41) is 0. The van der Waals surface area contributed by atoms with Crippen molar-refractivity contribution in [2.24, 2.45) is 5.84 Å². The molecule has 1 aromatic carbocycles. The zero-order valence-corrected chi connectivity index (χ0v) is 12.4. The van der Waals surface area contributed by atoms with Crippen LogP contribution >= 0.6 is 22.6 Å². The number of benzene rings is 1. The lowest BCUT2D eigenvalue weighted by Crippen LogP contribution is -2.30. The second-order valence-corrected chi connectivity index (χ2v) is 5.47. The Morgan fingerprint density at radius 1 is 1.28 bits per heavy atom. The maximum absolute atomic E-state index is 5.67. The molecule has 0 spiro atoms. The van der Waals surface area contributed by atoms with Crippen LogP contribution in [-0.2, 0) is 6.42 Å². The van der Waals surface area contributed by atoms with Gasteiger partial charge in [-0.1, -0.05) is 18.2 Å². The number of rotatable bonds is 4. The van der Waals surface area contributed by atoms with Gasteiger partial charge in [0.2, 0.25) is 0 Å². The molecule has 0 fully saturated rings. The van der Waals surface area contributed by atoms with Crippen LogP contribution in [0.4, 0.5) is 0 Å². The Hall–Kier alpha value is -0.980. The molecule has 2 aromatic rings. The van der Waals surface area contributed by atoms with Crippen LogP contribution in [0.3, 0.4) is 0 Å². The van der Waals surface area contributed by atoms with Gasteiger partial charge < -0.3 is 0 Å². The standard InChI is InChI=1S/C14H16IN3/c1-10-13(3-2-8-17-10)14(18-16)9-11-4-6-12(15)7-5-11/h2-8,14,18H,9,16H2,1H3. The Kier molecular flexibility index (Phi) is 4.68. The van der Waals surface area contributed by atoms with Gasteiger partial charge in [0.25, 0.3) is 0 Å². The quantitative estimate of drug-likeness (QED) is 0.505. The molecule has 18 heavy (non-hydrogen) atoms. The fraction of sp³-hybridized carbons (Fsp3) is 0.214. The van der Waals surface area contributed by atoms with E-state index in [2.05, 4.69) is 63.3 Å². The molecule has 0 radical (unpaired) electrons. The van der Waals surface area contributed by atoms with Crippen LogP contribution in [0.15, 0.2) is 42.6 Å². The average Bonchev–Trinajstić information content (AvgIpc) is 2.39. The molecule has 0 saturated heterocycles. The third-order valence-corrected chi connectivity index (χ3v) is 3.70. The van der Waals surface area contributed by atoms with Crippen molar-refractivity contribution in [2.45, 2.75) is 19.4 Å². The molecule has 4 heteroatoms. The SMILES string of the molecule is Cc1ncccc1C(Cc1ccc(I)cc1)NN. The van der Waals surface area contributed by atoms with E-state index in [0.717, 1.165) is 17.7 Å². The van der Waals surface area contributed by atoms with Crippen molar-refractivity contribution >= 4 is 22.6 Å². The normalized spacial score (nSPS) is 12.4. The molecular formula is C14H16IN3. The summed E-state index contributed by atoms with van der Waals surface area (Å²) in [5.74, 6) is 5.67. The van der Waals surface area contributed by atoms with Gasteiger partial charge in [-0.3, -0.25) is 16.3 Å². The van der Waals surface area contributed by atoms with Crippen LogP contribution in [0.2, 0.25) is 0 Å². The second-order valence-electron chi connectivity index (χ2n) is 4.23. The highest BCUT2D eigenvalue weighted by Crippen LogP contribution is 2.20. The van der Waals surface area contributed by atoms with Crippen LogP contribution < -0.4 is 11.3 Å². The number of hydrogen-bond acceptors (Lipinski definition) is 3. The zero-order chi connectivity index (χ0) is 13.0. The largest absolute Gasteiger partial charge is 0.271 e. The van der Waals surface area contributed by atoms with Gasteiger partial charge in [0.1, 0.15) is 0 Å². The smallest absolute Gasteiger partial charge is 0.0518 e. The summed E-state index contributed by atoms with van der Waals surface area (Å²) in [4.78, 5) is 4.31. The number of hydrazine groups is 1. The molecule has 0 aliphatic heterocycles. The van der Waals surface area contributed by atoms with Gasteiger partial charge >= 0.3 is 0 Å². The molecule has 94 valence electrons. The highest BCUT2D eigenvalue weighted by molar-refractivity contribution is 14.1. The van der Waals surface area contributed by atoms with Crippen molar-refractivity contribution in [3.05, 3.63) is 63.0 Å². The molecule has 0 aliphatic rings. The minimum Gasteiger partial charge on any atom is -0.271 e. The number of nitrogens with zero attached hydrogens (tertiary/aromatic N) is 1. The summed E-state index contributed by atoms with van der Waals surface area (Å²) < 4.78 is 1.24. The Balaban J connectivity index is 2.20. The summed E-state index contributed by atoms with van der Waals surface area (Å²) in [5.41, 5.74) is 6.32. The van der Waals surface area contributed by atoms with E-state index in [0.29, 0.717) is 0 Å². The fourth-order valence-electron chi connectivity index (χ4n) is 1.98. The lowest BCUT2D eigenvalue weighted by atomic mass is 9.98. The van der Waals surface area contributed by atoms with Crippen LogP contribution in [0.5, 0.6) is 0 Å². The topological polar surface area (TPSA) is 50.9 Å². The molecule has 1 unspecified atom stereocenters. The van der Waals surface area contributed by atoms with Gasteiger partial charge in [-0.25, -0.2) is 0 Å². The Labute approximate surface area is 121 Å². The molecule has 3 nitrogen and oxygen atoms in total. The van der Waals surface area contributed by atoms with E-state index in [1.807, 2.05) is 13.0 Å². The third kappa shape index (κ3) is 3.28. The first-order valence-electron chi connectivity index (χ1n) is 5.83. The van der Waals surface area contributed by atoms with Crippen LogP contribution in [-0.4, -0.2) is 4.98 Å². The Morgan fingerprint density at radius 3 is 2.61 bits per heavy atom. The molecule has 0 saturated carbocycles. The van der Waals surface area contributed by atoms with Gasteiger partial charge in [0.15, 0.2) is 0 Å². The lowest BCUT2D eigenvalue weighted by molar-refractivity contribution is 0.547. The second kappa shape index (κ2) is 6.26. The zero-order valence-electron chi connectivity index (χ0n) is 10.2. The molecule has 0 amide bonds. The molecular weight excluding hydrogens is 337 g/mol. The molecule has 0 bridgehead atoms. The van der Waals surface area contributed by atoms with Gasteiger partial charge in [-0.15, -0.1) is 0 Å². The van der Waals surface area contributed by atoms with E-state index in [9.17, 15) is 0 Å². The predicted molar refractivity (Wildman–Crippen MR) is 81.9 cm³/mol. The minimum atomic E-state index is 0.0961. The molecule has 3 N–H and O–H groups in total. The number of pyridine rings is 1. The number of halogens is 1. The van der Waals surface area contributed by atoms with Gasteiger partial charge in [0, 0.05) is 15.5 Å². The monoisotopic (exact) mass is 353 g/mol. The van der Waals surface area contributed by atoms with Crippen LogP contribution in [0.1, 0.15) is 22.9 Å². The van der Waals surface area contributed by atoms with Gasteiger partial charge in [-0.2, -0.15) is 0 Å². The van der Waals surface area contributed by atoms with Crippen LogP contribution in [0, 0.1) is 10.5 Å². The highest BCUT2D eigenvalue weighted by atomic mass is 127. The van der Waals surface area contributed by atoms with Crippen molar-refractivity contribution in [1.82, 2.24) is 10.4 Å². The maximum Gasteiger partial charge on any atom is 0.0518 e. The summed E-state index contributed by atoms with van der Waals surface area (Å²) >= 11 is 2.31. The van der Waals surface area contributed by atoms with Crippen molar-refractivity contribution in [3.63, 3.8) is 0 Å². The molecule has 1 atom stereocenters. The fourth-order valence-corrected chi connectivity index (χ4v) is 2.34. The van der Waals surface area contributed by atoms with E-state index < -0.39 is 0 Å². The number of nitrogens with two attached hydrogens (primary N) is 1. The summed E-state index contributed by atoms with van der Waals surface area (Å²) in [6.45, 7) is 2.01. The number of hydrogen-bond donors (Lipinski definition) is 2. The number of aryl methyl sites for hydroxylation is 1. The van der Waals surface area contributed by atoms with Crippen molar-refractivity contribution in [3.8, 4) is 0 Å². The Morgan fingerprint density at radius 2 is 2.00 bits per heavy atom. The van der Waals surface area contributed by atoms with Crippen molar-refractivity contribution in [2.75, 3.05) is 0 Å². The summed E-state index contributed by atoms with van der Waals surface area (Å²) in [6.07, 6.45) is 2.66. The van der Waals surface area contributed by atoms with E-state index in [1.54, 1.807) is 6.20 Å². The van der Waals surface area contributed by atoms with E-state index >= 15 is 0 Å². The minimum absolute atomic E-state index is 0.0961. The first-order valence-corrected chi connectivity index (χ1v) is 6.90. The number of aromatic nitrogens is 1. The van der Waals surface area contributed by atoms with Crippen molar-refractivity contribution in [1.29, 1.82) is 0 Å². The highest BCUT2D eigenvalue weighted by Gasteiger charge is 2.13. The van der Waals surface area contributed by atoms with Crippen LogP contribution in [0.25, 0.3) is 0 Å². The predicted octanol–water partition coefficient (Wildman–Crippen LogP) is 2.74. The van der Waals surface area contributed by atoms with E-state index in [1.165, 1.54) is 9.13 Å². The molecule has 1 aromatic heterocycles. The third-order valence-electron chi connectivity index (χ3n) is 2.98. The van der Waals surface area contributed by atoms with E-state index in [-0.39, 0.29) is 6.04 Å². The average molecular weight is 353 g/mol. The summed E-state index contributed by atoms with van der Waals surface area (Å²) in [6, 6.07) is 12.6. The van der Waals surface area contributed by atoms with E-state index in [4.69, 9.17) is 5.84 Å². The van der Waals surface area contributed by atoms with Crippen molar-refractivity contribution < 1.29 is 0 Å². The first-order chi connectivity index (χ1) is 8.70. The number of nitrogens with one attached hydrogen (secondary N) is 1. The van der Waals surface area contributed by atoms with Gasteiger partial charge in [0.05, 0.1) is 6.04 Å². The molecule has 2 rings (SSSR count). The first kappa shape index (κ1) is 13.5. The maximum atomic E-state index is 5.67. The lowest BCUT2D eigenvalue weighted by Gasteiger charge is -2.18. The van der Waals surface area contributed by atoms with Gasteiger partial charge in [-0.05, 0) is 65.3 Å². The molecule has 0 aliphatic carbocycles. The molecule has 1 heterocycles.